The molecule has 0 spiro atoms. The summed E-state index contributed by atoms with van der Waals surface area (Å²) in [6, 6.07) is 11.3. The highest BCUT2D eigenvalue weighted by molar-refractivity contribution is 7.98. The number of hydrogen-bond donors (Lipinski definition) is 0. The van der Waals surface area contributed by atoms with Gasteiger partial charge in [0.25, 0.3) is 5.56 Å². The second kappa shape index (κ2) is 8.15. The van der Waals surface area contributed by atoms with E-state index in [0.717, 1.165) is 23.3 Å². The van der Waals surface area contributed by atoms with Gasteiger partial charge in [-0.1, -0.05) is 42.4 Å². The number of thioether (sulfide) groups is 1. The Balaban J connectivity index is 1.74. The summed E-state index contributed by atoms with van der Waals surface area (Å²) in [5, 5.41) is 2.00. The molecule has 0 unspecified atom stereocenters. The zero-order chi connectivity index (χ0) is 19.7. The molecule has 1 aliphatic rings. The van der Waals surface area contributed by atoms with E-state index in [9.17, 15) is 4.79 Å². The van der Waals surface area contributed by atoms with E-state index in [0.29, 0.717) is 33.4 Å². The lowest BCUT2D eigenvalue weighted by atomic mass is 10.1. The van der Waals surface area contributed by atoms with Gasteiger partial charge in [-0.3, -0.25) is 9.36 Å². The molecule has 0 N–H and O–H groups in total. The first kappa shape index (κ1) is 19.3. The van der Waals surface area contributed by atoms with Gasteiger partial charge in [0.2, 0.25) is 0 Å². The zero-order valence-corrected chi connectivity index (χ0v) is 17.3. The molecule has 2 aromatic carbocycles. The van der Waals surface area contributed by atoms with Crippen LogP contribution in [0.2, 0.25) is 5.02 Å². The Hall–Kier alpha value is -2.02. The van der Waals surface area contributed by atoms with Crippen molar-refractivity contribution in [1.29, 1.82) is 0 Å². The lowest BCUT2D eigenvalue weighted by Crippen LogP contribution is -2.26. The second-order valence-electron chi connectivity index (χ2n) is 6.80. The predicted molar refractivity (Wildman–Crippen MR) is 112 cm³/mol. The molecule has 0 saturated carbocycles. The van der Waals surface area contributed by atoms with Crippen LogP contribution in [-0.2, 0) is 17.1 Å². The SMILES string of the molecule is CC[C@@H](C)n1c(SCc2cc(Cl)cc3c2OCOC3)nc2ccccc2c1=O. The number of fused-ring (bicyclic) bond motifs is 2. The van der Waals surface area contributed by atoms with E-state index in [4.69, 9.17) is 26.1 Å². The van der Waals surface area contributed by atoms with Crippen LogP contribution in [0.1, 0.15) is 37.4 Å². The van der Waals surface area contributed by atoms with Crippen LogP contribution in [-0.4, -0.2) is 16.3 Å². The third-order valence-electron chi connectivity index (χ3n) is 4.92. The first-order chi connectivity index (χ1) is 13.6. The van der Waals surface area contributed by atoms with Gasteiger partial charge in [0, 0.05) is 27.9 Å². The van der Waals surface area contributed by atoms with Crippen molar-refractivity contribution in [3.05, 3.63) is 62.9 Å². The molecule has 146 valence electrons. The zero-order valence-electron chi connectivity index (χ0n) is 15.8. The number of rotatable bonds is 5. The van der Waals surface area contributed by atoms with Crippen LogP contribution in [0.3, 0.4) is 0 Å². The Morgan fingerprint density at radius 3 is 2.96 bits per heavy atom. The smallest absolute Gasteiger partial charge is 0.262 e. The fourth-order valence-electron chi connectivity index (χ4n) is 3.30. The summed E-state index contributed by atoms with van der Waals surface area (Å²) in [5.41, 5.74) is 2.64. The summed E-state index contributed by atoms with van der Waals surface area (Å²) in [6.45, 7) is 4.84. The lowest BCUT2D eigenvalue weighted by molar-refractivity contribution is -0.0168. The van der Waals surface area contributed by atoms with E-state index < -0.39 is 0 Å². The average Bonchev–Trinajstić information content (AvgIpc) is 2.71. The van der Waals surface area contributed by atoms with Crippen molar-refractivity contribution in [2.24, 2.45) is 0 Å². The number of hydrogen-bond acceptors (Lipinski definition) is 5. The molecule has 28 heavy (non-hydrogen) atoms. The molecule has 1 aliphatic heterocycles. The molecule has 1 aromatic heterocycles. The quantitative estimate of drug-likeness (QED) is 0.423. The predicted octanol–water partition coefficient (Wildman–Crippen LogP) is 5.18. The van der Waals surface area contributed by atoms with Crippen molar-refractivity contribution in [1.82, 2.24) is 9.55 Å². The van der Waals surface area contributed by atoms with Crippen molar-refractivity contribution in [3.8, 4) is 5.75 Å². The van der Waals surface area contributed by atoms with E-state index in [1.165, 1.54) is 11.8 Å². The maximum absolute atomic E-state index is 13.1. The summed E-state index contributed by atoms with van der Waals surface area (Å²) in [5.74, 6) is 1.42. The first-order valence-electron chi connectivity index (χ1n) is 9.24. The minimum absolute atomic E-state index is 0.000206. The van der Waals surface area contributed by atoms with Crippen LogP contribution in [0.15, 0.2) is 46.3 Å². The van der Waals surface area contributed by atoms with Crippen molar-refractivity contribution in [2.45, 2.75) is 43.8 Å². The Kier molecular flexibility index (Phi) is 5.62. The van der Waals surface area contributed by atoms with E-state index >= 15 is 0 Å². The molecule has 0 amide bonds. The van der Waals surface area contributed by atoms with Crippen molar-refractivity contribution < 1.29 is 9.47 Å². The first-order valence-corrected chi connectivity index (χ1v) is 10.6. The Labute approximate surface area is 172 Å². The number of benzene rings is 2. The molecule has 5 nitrogen and oxygen atoms in total. The molecule has 7 heteroatoms. The van der Waals surface area contributed by atoms with Gasteiger partial charge in [-0.25, -0.2) is 4.98 Å². The third-order valence-corrected chi connectivity index (χ3v) is 6.14. The summed E-state index contributed by atoms with van der Waals surface area (Å²) in [4.78, 5) is 17.9. The monoisotopic (exact) mass is 416 g/mol. The molecule has 1 atom stereocenters. The summed E-state index contributed by atoms with van der Waals surface area (Å²) in [6.07, 6.45) is 0.848. The van der Waals surface area contributed by atoms with Gasteiger partial charge in [0.1, 0.15) is 5.75 Å². The molecular weight excluding hydrogens is 396 g/mol. The van der Waals surface area contributed by atoms with Gasteiger partial charge in [-0.2, -0.15) is 0 Å². The molecule has 3 aromatic rings. The normalized spacial score (nSPS) is 14.5. The number of nitrogens with zero attached hydrogens (tertiary/aromatic N) is 2. The highest BCUT2D eigenvalue weighted by Gasteiger charge is 2.19. The van der Waals surface area contributed by atoms with E-state index in [-0.39, 0.29) is 18.4 Å². The van der Waals surface area contributed by atoms with Crippen LogP contribution in [0, 0.1) is 0 Å². The Morgan fingerprint density at radius 1 is 1.32 bits per heavy atom. The average molecular weight is 417 g/mol. The lowest BCUT2D eigenvalue weighted by Gasteiger charge is -2.22. The largest absolute Gasteiger partial charge is 0.467 e. The van der Waals surface area contributed by atoms with Gasteiger partial charge >= 0.3 is 0 Å². The summed E-state index contributed by atoms with van der Waals surface area (Å²) >= 11 is 7.81. The molecule has 2 heterocycles. The summed E-state index contributed by atoms with van der Waals surface area (Å²) in [7, 11) is 0. The second-order valence-corrected chi connectivity index (χ2v) is 8.18. The standard InChI is InChI=1S/C21H21ClN2O3S/c1-3-13(2)24-20(25)17-6-4-5-7-18(17)23-21(24)28-11-15-9-16(22)8-14-10-26-12-27-19(14)15/h4-9,13H,3,10-12H2,1-2H3/t13-/m1/s1. The minimum Gasteiger partial charge on any atom is -0.467 e. The van der Waals surface area contributed by atoms with Gasteiger partial charge in [0.05, 0.1) is 17.5 Å². The van der Waals surface area contributed by atoms with Gasteiger partial charge in [0.15, 0.2) is 11.9 Å². The van der Waals surface area contributed by atoms with E-state index in [2.05, 4.69) is 6.92 Å². The van der Waals surface area contributed by atoms with Crippen LogP contribution in [0.5, 0.6) is 5.75 Å². The van der Waals surface area contributed by atoms with Crippen LogP contribution in [0.4, 0.5) is 0 Å². The van der Waals surface area contributed by atoms with Crippen LogP contribution >= 0.6 is 23.4 Å². The number of aromatic nitrogens is 2. The topological polar surface area (TPSA) is 53.4 Å². The molecule has 0 fully saturated rings. The number of halogens is 1. The van der Waals surface area contributed by atoms with Gasteiger partial charge in [-0.15, -0.1) is 0 Å². The van der Waals surface area contributed by atoms with Crippen molar-refractivity contribution in [2.75, 3.05) is 6.79 Å². The number of ether oxygens (including phenoxy) is 2. The fraction of sp³-hybridized carbons (Fsp3) is 0.333. The van der Waals surface area contributed by atoms with Crippen molar-refractivity contribution >= 4 is 34.3 Å². The van der Waals surface area contributed by atoms with Gasteiger partial charge < -0.3 is 9.47 Å². The van der Waals surface area contributed by atoms with Gasteiger partial charge in [-0.05, 0) is 37.6 Å². The molecule has 0 saturated heterocycles. The maximum atomic E-state index is 13.1. The van der Waals surface area contributed by atoms with E-state index in [1.54, 1.807) is 4.57 Å². The number of para-hydroxylation sites is 1. The highest BCUT2D eigenvalue weighted by atomic mass is 35.5. The summed E-state index contributed by atoms with van der Waals surface area (Å²) < 4.78 is 12.9. The van der Waals surface area contributed by atoms with Crippen LogP contribution < -0.4 is 10.3 Å². The molecule has 0 aliphatic carbocycles. The molecular formula is C21H21ClN2O3S. The fourth-order valence-corrected chi connectivity index (χ4v) is 4.63. The molecule has 0 bridgehead atoms. The van der Waals surface area contributed by atoms with Crippen LogP contribution in [0.25, 0.3) is 10.9 Å². The molecule has 4 rings (SSSR count). The Bertz CT molecular complexity index is 1080. The van der Waals surface area contributed by atoms with Crippen molar-refractivity contribution in [3.63, 3.8) is 0 Å². The maximum Gasteiger partial charge on any atom is 0.262 e. The molecule has 0 radical (unpaired) electrons. The Morgan fingerprint density at radius 2 is 2.14 bits per heavy atom. The minimum atomic E-state index is 0.000206. The highest BCUT2D eigenvalue weighted by Crippen LogP contribution is 2.35. The third kappa shape index (κ3) is 3.64. The van der Waals surface area contributed by atoms with E-state index in [1.807, 2.05) is 43.3 Å².